The predicted octanol–water partition coefficient (Wildman–Crippen LogP) is 5.63. The molecule has 258 valence electrons. The minimum Gasteiger partial charge on any atom is -0.367 e. The molecule has 0 unspecified atom stereocenters. The van der Waals surface area contributed by atoms with E-state index in [-0.39, 0.29) is 36.0 Å². The second-order valence-corrected chi connectivity index (χ2v) is 13.3. The number of benzene rings is 2. The van der Waals surface area contributed by atoms with Crippen LogP contribution in [0.5, 0.6) is 0 Å². The number of aromatic nitrogens is 5. The number of anilines is 1. The van der Waals surface area contributed by atoms with Gasteiger partial charge >= 0.3 is 0 Å². The van der Waals surface area contributed by atoms with Crippen LogP contribution in [0.4, 0.5) is 14.5 Å². The molecule has 7 rings (SSSR count). The number of pyridine rings is 1. The molecular formula is C37H38F2N8O3. The van der Waals surface area contributed by atoms with Gasteiger partial charge in [0, 0.05) is 74.1 Å². The van der Waals surface area contributed by atoms with E-state index in [9.17, 15) is 18.4 Å². The number of methoxy groups -OCH3 is 1. The number of nitrogens with one attached hydrogen (secondary N) is 2. The highest BCUT2D eigenvalue weighted by Crippen LogP contribution is 2.36. The molecule has 2 fully saturated rings. The van der Waals surface area contributed by atoms with E-state index in [1.807, 2.05) is 9.80 Å². The maximum Gasteiger partial charge on any atom is 0.280 e. The fraction of sp³-hybridized carbons (Fsp3) is 0.351. The molecule has 0 saturated carbocycles. The lowest BCUT2D eigenvalue weighted by Crippen LogP contribution is -2.49. The molecule has 11 nitrogen and oxygen atoms in total. The topological polar surface area (TPSA) is 129 Å². The third-order valence-corrected chi connectivity index (χ3v) is 10.2. The van der Waals surface area contributed by atoms with Gasteiger partial charge in [0.15, 0.2) is 11.4 Å². The van der Waals surface area contributed by atoms with Crippen molar-refractivity contribution in [3.63, 3.8) is 0 Å². The van der Waals surface area contributed by atoms with Gasteiger partial charge in [-0.15, -0.1) is 0 Å². The van der Waals surface area contributed by atoms with Gasteiger partial charge in [-0.2, -0.15) is 5.10 Å². The van der Waals surface area contributed by atoms with Gasteiger partial charge in [0.25, 0.3) is 12.3 Å². The number of likely N-dealkylation sites (tertiary alicyclic amines) is 2. The third-order valence-electron chi connectivity index (χ3n) is 10.2. The van der Waals surface area contributed by atoms with E-state index in [4.69, 9.17) is 4.74 Å². The molecule has 3 aromatic heterocycles. The van der Waals surface area contributed by atoms with Crippen molar-refractivity contribution in [3.8, 4) is 22.6 Å². The zero-order valence-electron chi connectivity index (χ0n) is 27.9. The fourth-order valence-corrected chi connectivity index (χ4v) is 7.01. The van der Waals surface area contributed by atoms with Crippen LogP contribution in [0.1, 0.15) is 43.9 Å². The maximum atomic E-state index is 13.7. The molecule has 0 aliphatic carbocycles. The highest BCUT2D eigenvalue weighted by atomic mass is 19.3. The number of alkyl halides is 2. The monoisotopic (exact) mass is 680 g/mol. The molecule has 0 bridgehead atoms. The second kappa shape index (κ2) is 13.6. The van der Waals surface area contributed by atoms with Gasteiger partial charge in [-0.05, 0) is 66.6 Å². The second-order valence-electron chi connectivity index (χ2n) is 13.3. The van der Waals surface area contributed by atoms with Crippen LogP contribution in [0.2, 0.25) is 0 Å². The van der Waals surface area contributed by atoms with Gasteiger partial charge in [0.1, 0.15) is 11.4 Å². The first-order chi connectivity index (χ1) is 24.2. The SMILES string of the molecule is CO[C@@]1(C(=O)Nc2ccc3[nH]nc(-c4ccnc(C(F)F)c4)c3c2)CCN(CC(=O)N2CCC(C)(c3ccc(-c4ncccn4)cc3)CC2)C1. The van der Waals surface area contributed by atoms with Crippen LogP contribution >= 0.6 is 0 Å². The van der Waals surface area contributed by atoms with Gasteiger partial charge in [0.05, 0.1) is 12.1 Å². The van der Waals surface area contributed by atoms with Gasteiger partial charge in [0.2, 0.25) is 5.91 Å². The first-order valence-corrected chi connectivity index (χ1v) is 16.6. The van der Waals surface area contributed by atoms with Crippen LogP contribution in [0.25, 0.3) is 33.5 Å². The van der Waals surface area contributed by atoms with E-state index >= 15 is 0 Å². The van der Waals surface area contributed by atoms with Crippen molar-refractivity contribution in [2.75, 3.05) is 45.2 Å². The summed E-state index contributed by atoms with van der Waals surface area (Å²) in [6.07, 6.45) is 4.22. The smallest absolute Gasteiger partial charge is 0.280 e. The van der Waals surface area contributed by atoms with E-state index < -0.39 is 12.0 Å². The Morgan fingerprint density at radius 2 is 1.70 bits per heavy atom. The first kappa shape index (κ1) is 33.4. The van der Waals surface area contributed by atoms with Crippen molar-refractivity contribution in [1.82, 2.24) is 34.9 Å². The number of aromatic amines is 1. The summed E-state index contributed by atoms with van der Waals surface area (Å²) in [6.45, 7) is 4.58. The van der Waals surface area contributed by atoms with Gasteiger partial charge in [-0.1, -0.05) is 31.2 Å². The first-order valence-electron chi connectivity index (χ1n) is 16.6. The summed E-state index contributed by atoms with van der Waals surface area (Å²) in [5.41, 5.74) is 2.85. The minimum absolute atomic E-state index is 0.0417. The Labute approximate surface area is 288 Å². The van der Waals surface area contributed by atoms with Crippen LogP contribution in [-0.2, 0) is 19.7 Å². The summed E-state index contributed by atoms with van der Waals surface area (Å²) < 4.78 is 32.4. The third kappa shape index (κ3) is 6.58. The molecule has 0 radical (unpaired) electrons. The molecule has 2 amide bonds. The Morgan fingerprint density at radius 3 is 2.42 bits per heavy atom. The fourth-order valence-electron chi connectivity index (χ4n) is 7.01. The van der Waals surface area contributed by atoms with Crippen LogP contribution in [-0.4, -0.2) is 92.2 Å². The predicted molar refractivity (Wildman–Crippen MR) is 184 cm³/mol. The van der Waals surface area contributed by atoms with Crippen LogP contribution in [0, 0.1) is 0 Å². The van der Waals surface area contributed by atoms with E-state index in [1.54, 1.807) is 42.7 Å². The Morgan fingerprint density at radius 1 is 0.940 bits per heavy atom. The number of carbonyl (C=O) groups is 2. The van der Waals surface area contributed by atoms with Crippen molar-refractivity contribution >= 4 is 28.4 Å². The maximum absolute atomic E-state index is 13.7. The number of fused-ring (bicyclic) bond motifs is 1. The largest absolute Gasteiger partial charge is 0.367 e. The van der Waals surface area contributed by atoms with Gasteiger partial charge < -0.3 is 15.0 Å². The molecule has 2 saturated heterocycles. The van der Waals surface area contributed by atoms with E-state index in [1.165, 1.54) is 24.9 Å². The zero-order chi connectivity index (χ0) is 34.9. The van der Waals surface area contributed by atoms with Crippen LogP contribution in [0.3, 0.4) is 0 Å². The van der Waals surface area contributed by atoms with Gasteiger partial charge in [-0.25, -0.2) is 18.7 Å². The molecule has 13 heteroatoms. The lowest BCUT2D eigenvalue weighted by Gasteiger charge is -2.40. The quantitative estimate of drug-likeness (QED) is 0.205. The standard InChI is InChI=1S/C37H38F2N8O3/c1-36(26-6-4-24(5-7-26)34-41-14-3-15-42-34)11-18-47(19-12-36)31(48)22-46-17-13-37(23-46,50-2)35(49)43-27-8-9-29-28(21-27)32(45-44-29)25-10-16-40-30(20-25)33(38)39/h3-10,14-16,20-21,33H,11-13,17-19,22-23H2,1-2H3,(H,43,49)(H,44,45)/t37-/m0/s1. The summed E-state index contributed by atoms with van der Waals surface area (Å²) in [5.74, 6) is 0.420. The molecule has 2 N–H and O–H groups in total. The van der Waals surface area contributed by atoms with Crippen molar-refractivity contribution < 1.29 is 23.1 Å². The molecule has 1 atom stereocenters. The number of piperidine rings is 1. The highest BCUT2D eigenvalue weighted by molar-refractivity contribution is 6.01. The normalized spacial score (nSPS) is 19.3. The lowest BCUT2D eigenvalue weighted by molar-refractivity contribution is -0.138. The summed E-state index contributed by atoms with van der Waals surface area (Å²) in [4.78, 5) is 43.4. The average Bonchev–Trinajstić information content (AvgIpc) is 3.77. The number of carbonyl (C=O) groups excluding carboxylic acids is 2. The lowest BCUT2D eigenvalue weighted by atomic mass is 9.74. The number of amides is 2. The molecule has 5 aromatic rings. The van der Waals surface area contributed by atoms with E-state index in [2.05, 4.69) is 61.7 Å². The number of ether oxygens (including phenoxy) is 1. The Bertz CT molecular complexity index is 2000. The number of halogens is 2. The highest BCUT2D eigenvalue weighted by Gasteiger charge is 2.46. The van der Waals surface area contributed by atoms with E-state index in [0.717, 1.165) is 18.4 Å². The van der Waals surface area contributed by atoms with Crippen LogP contribution in [0.15, 0.2) is 79.3 Å². The summed E-state index contributed by atoms with van der Waals surface area (Å²) in [6, 6.07) is 18.4. The molecule has 2 aliphatic rings. The average molecular weight is 681 g/mol. The van der Waals surface area contributed by atoms with Crippen molar-refractivity contribution in [1.29, 1.82) is 0 Å². The molecule has 50 heavy (non-hydrogen) atoms. The Hall–Kier alpha value is -5.14. The zero-order valence-corrected chi connectivity index (χ0v) is 27.9. The Kier molecular flexibility index (Phi) is 9.10. The number of rotatable bonds is 9. The van der Waals surface area contributed by atoms with Crippen molar-refractivity contribution in [2.45, 2.75) is 43.6 Å². The van der Waals surface area contributed by atoms with E-state index in [0.29, 0.717) is 59.7 Å². The number of hydrogen-bond donors (Lipinski definition) is 2. The molecule has 0 spiro atoms. The molecular weight excluding hydrogens is 642 g/mol. The molecule has 2 aromatic carbocycles. The molecule has 2 aliphatic heterocycles. The summed E-state index contributed by atoms with van der Waals surface area (Å²) in [7, 11) is 1.51. The Balaban J connectivity index is 0.958. The summed E-state index contributed by atoms with van der Waals surface area (Å²) in [5, 5.41) is 10.9. The number of H-pyrrole nitrogens is 1. The van der Waals surface area contributed by atoms with Crippen LogP contribution < -0.4 is 5.32 Å². The molecule has 5 heterocycles. The number of nitrogens with zero attached hydrogens (tertiary/aromatic N) is 6. The van der Waals surface area contributed by atoms with Gasteiger partial charge in [-0.3, -0.25) is 24.6 Å². The van der Waals surface area contributed by atoms with Crippen molar-refractivity contribution in [3.05, 3.63) is 90.5 Å². The number of hydrogen-bond acceptors (Lipinski definition) is 8. The minimum atomic E-state index is -2.71. The summed E-state index contributed by atoms with van der Waals surface area (Å²) >= 11 is 0. The van der Waals surface area contributed by atoms with Crippen molar-refractivity contribution in [2.24, 2.45) is 0 Å².